The SMILES string of the molecule is Cc1ccc2[nH]nc(C(=O)N3CCCN(Cc4ccc(F)cc4)CC3)c2c1. The molecule has 27 heavy (non-hydrogen) atoms. The number of aromatic amines is 1. The Balaban J connectivity index is 1.45. The molecule has 1 aromatic heterocycles. The molecule has 1 aliphatic rings. The minimum absolute atomic E-state index is 0.0181. The van der Waals surface area contributed by atoms with E-state index in [9.17, 15) is 9.18 Å². The Morgan fingerprint density at radius 3 is 2.74 bits per heavy atom. The molecular weight excluding hydrogens is 343 g/mol. The second-order valence-corrected chi connectivity index (χ2v) is 7.17. The molecule has 0 unspecified atom stereocenters. The number of carbonyl (C=O) groups is 1. The van der Waals surface area contributed by atoms with Crippen LogP contribution in [0.25, 0.3) is 10.9 Å². The van der Waals surface area contributed by atoms with Gasteiger partial charge in [-0.1, -0.05) is 23.8 Å². The number of halogens is 1. The van der Waals surface area contributed by atoms with Crippen LogP contribution in [0.1, 0.15) is 28.0 Å². The summed E-state index contributed by atoms with van der Waals surface area (Å²) in [4.78, 5) is 17.2. The zero-order valence-corrected chi connectivity index (χ0v) is 15.4. The number of nitrogens with zero attached hydrogens (tertiary/aromatic N) is 3. The highest BCUT2D eigenvalue weighted by molar-refractivity contribution is 6.04. The first kappa shape index (κ1) is 17.7. The molecule has 0 bridgehead atoms. The summed E-state index contributed by atoms with van der Waals surface area (Å²) in [5.41, 5.74) is 3.58. The van der Waals surface area contributed by atoms with Crippen LogP contribution in [0, 0.1) is 12.7 Å². The fraction of sp³-hybridized carbons (Fsp3) is 0.333. The molecule has 1 fully saturated rings. The lowest BCUT2D eigenvalue weighted by Gasteiger charge is -2.21. The molecule has 2 heterocycles. The molecule has 1 saturated heterocycles. The smallest absolute Gasteiger partial charge is 0.275 e. The Morgan fingerprint density at radius 2 is 1.93 bits per heavy atom. The van der Waals surface area contributed by atoms with Gasteiger partial charge in [-0.3, -0.25) is 14.8 Å². The maximum Gasteiger partial charge on any atom is 0.275 e. The molecule has 1 N–H and O–H groups in total. The number of hydrogen-bond acceptors (Lipinski definition) is 3. The number of hydrogen-bond donors (Lipinski definition) is 1. The highest BCUT2D eigenvalue weighted by Gasteiger charge is 2.23. The van der Waals surface area contributed by atoms with Crippen LogP contribution in [0.4, 0.5) is 4.39 Å². The molecule has 5 nitrogen and oxygen atoms in total. The molecule has 0 aliphatic carbocycles. The number of aryl methyl sites for hydroxylation is 1. The first-order valence-electron chi connectivity index (χ1n) is 9.31. The van der Waals surface area contributed by atoms with Gasteiger partial charge in [0.15, 0.2) is 5.69 Å². The van der Waals surface area contributed by atoms with Gasteiger partial charge in [-0.05, 0) is 43.2 Å². The first-order chi connectivity index (χ1) is 13.1. The van der Waals surface area contributed by atoms with Gasteiger partial charge in [0.1, 0.15) is 5.82 Å². The Bertz CT molecular complexity index is 950. The Labute approximate surface area is 157 Å². The van der Waals surface area contributed by atoms with E-state index in [2.05, 4.69) is 15.1 Å². The van der Waals surface area contributed by atoms with Gasteiger partial charge in [0, 0.05) is 38.1 Å². The van der Waals surface area contributed by atoms with Crippen molar-refractivity contribution < 1.29 is 9.18 Å². The van der Waals surface area contributed by atoms with Gasteiger partial charge in [-0.2, -0.15) is 5.10 Å². The van der Waals surface area contributed by atoms with Crippen LogP contribution in [0.3, 0.4) is 0 Å². The lowest BCUT2D eigenvalue weighted by molar-refractivity contribution is 0.0757. The summed E-state index contributed by atoms with van der Waals surface area (Å²) < 4.78 is 13.1. The number of benzene rings is 2. The van der Waals surface area contributed by atoms with E-state index in [-0.39, 0.29) is 11.7 Å². The average molecular weight is 366 g/mol. The maximum atomic E-state index is 13.1. The third-order valence-electron chi connectivity index (χ3n) is 5.12. The standard InChI is InChI=1S/C21H23FN4O/c1-15-3-8-19-18(13-15)20(24-23-19)21(27)26-10-2-9-25(11-12-26)14-16-4-6-17(22)7-5-16/h3-8,13H,2,9-12,14H2,1H3,(H,23,24). The lowest BCUT2D eigenvalue weighted by atomic mass is 10.1. The van der Waals surface area contributed by atoms with Gasteiger partial charge < -0.3 is 4.90 Å². The zero-order valence-electron chi connectivity index (χ0n) is 15.4. The normalized spacial score (nSPS) is 15.9. The molecule has 0 spiro atoms. The van der Waals surface area contributed by atoms with Crippen molar-refractivity contribution in [1.29, 1.82) is 0 Å². The van der Waals surface area contributed by atoms with E-state index < -0.39 is 0 Å². The monoisotopic (exact) mass is 366 g/mol. The average Bonchev–Trinajstić information content (AvgIpc) is 2.93. The van der Waals surface area contributed by atoms with Crippen molar-refractivity contribution in [3.8, 4) is 0 Å². The largest absolute Gasteiger partial charge is 0.336 e. The summed E-state index contributed by atoms with van der Waals surface area (Å²) in [5, 5.41) is 8.11. The Kier molecular flexibility index (Phi) is 4.90. The quantitative estimate of drug-likeness (QED) is 0.773. The predicted molar refractivity (Wildman–Crippen MR) is 103 cm³/mol. The number of carbonyl (C=O) groups excluding carboxylic acids is 1. The van der Waals surface area contributed by atoms with Crippen LogP contribution in [-0.2, 0) is 6.54 Å². The zero-order chi connectivity index (χ0) is 18.8. The number of rotatable bonds is 3. The van der Waals surface area contributed by atoms with Crippen LogP contribution in [0.2, 0.25) is 0 Å². The molecule has 1 aliphatic heterocycles. The van der Waals surface area contributed by atoms with Crippen LogP contribution in [0.5, 0.6) is 0 Å². The molecular formula is C21H23FN4O. The first-order valence-corrected chi connectivity index (χ1v) is 9.31. The van der Waals surface area contributed by atoms with Crippen molar-refractivity contribution in [2.75, 3.05) is 26.2 Å². The van der Waals surface area contributed by atoms with Crippen LogP contribution >= 0.6 is 0 Å². The van der Waals surface area contributed by atoms with Gasteiger partial charge in [0.2, 0.25) is 0 Å². The minimum Gasteiger partial charge on any atom is -0.336 e. The van der Waals surface area contributed by atoms with E-state index in [0.29, 0.717) is 12.2 Å². The second kappa shape index (κ2) is 7.48. The number of fused-ring (bicyclic) bond motifs is 1. The Hall–Kier alpha value is -2.73. The van der Waals surface area contributed by atoms with E-state index in [1.54, 1.807) is 0 Å². The van der Waals surface area contributed by atoms with Crippen LogP contribution in [0.15, 0.2) is 42.5 Å². The summed E-state index contributed by atoms with van der Waals surface area (Å²) in [7, 11) is 0. The molecule has 0 saturated carbocycles. The van der Waals surface area contributed by atoms with Crippen molar-refractivity contribution >= 4 is 16.8 Å². The van der Waals surface area contributed by atoms with Crippen molar-refractivity contribution in [1.82, 2.24) is 20.0 Å². The van der Waals surface area contributed by atoms with Gasteiger partial charge in [-0.15, -0.1) is 0 Å². The molecule has 0 atom stereocenters. The second-order valence-electron chi connectivity index (χ2n) is 7.17. The van der Waals surface area contributed by atoms with Crippen molar-refractivity contribution in [3.63, 3.8) is 0 Å². The number of nitrogens with one attached hydrogen (secondary N) is 1. The maximum absolute atomic E-state index is 13.1. The highest BCUT2D eigenvalue weighted by atomic mass is 19.1. The summed E-state index contributed by atoms with van der Waals surface area (Å²) >= 11 is 0. The minimum atomic E-state index is -0.215. The van der Waals surface area contributed by atoms with E-state index >= 15 is 0 Å². The predicted octanol–water partition coefficient (Wildman–Crippen LogP) is 3.36. The van der Waals surface area contributed by atoms with E-state index in [4.69, 9.17) is 0 Å². The number of amides is 1. The third-order valence-corrected chi connectivity index (χ3v) is 5.12. The number of aromatic nitrogens is 2. The third kappa shape index (κ3) is 3.85. The van der Waals surface area contributed by atoms with Gasteiger partial charge in [0.25, 0.3) is 5.91 Å². The number of H-pyrrole nitrogens is 1. The van der Waals surface area contributed by atoms with Crippen molar-refractivity contribution in [3.05, 3.63) is 65.1 Å². The fourth-order valence-corrected chi connectivity index (χ4v) is 3.62. The van der Waals surface area contributed by atoms with E-state index in [1.165, 1.54) is 12.1 Å². The summed E-state index contributed by atoms with van der Waals surface area (Å²) in [6.07, 6.45) is 0.911. The molecule has 4 rings (SSSR count). The van der Waals surface area contributed by atoms with Gasteiger partial charge in [-0.25, -0.2) is 4.39 Å². The molecule has 1 amide bonds. The summed E-state index contributed by atoms with van der Waals surface area (Å²) in [5.74, 6) is -0.233. The van der Waals surface area contributed by atoms with E-state index in [0.717, 1.165) is 54.6 Å². The van der Waals surface area contributed by atoms with Crippen molar-refractivity contribution in [2.45, 2.75) is 19.9 Å². The van der Waals surface area contributed by atoms with Gasteiger partial charge >= 0.3 is 0 Å². The van der Waals surface area contributed by atoms with Crippen LogP contribution < -0.4 is 0 Å². The van der Waals surface area contributed by atoms with Crippen molar-refractivity contribution in [2.24, 2.45) is 0 Å². The van der Waals surface area contributed by atoms with E-state index in [1.807, 2.05) is 42.2 Å². The lowest BCUT2D eigenvalue weighted by Crippen LogP contribution is -2.35. The molecule has 140 valence electrons. The molecule has 6 heteroatoms. The fourth-order valence-electron chi connectivity index (χ4n) is 3.62. The highest BCUT2D eigenvalue weighted by Crippen LogP contribution is 2.20. The molecule has 3 aromatic rings. The molecule has 0 radical (unpaired) electrons. The Morgan fingerprint density at radius 1 is 1.11 bits per heavy atom. The topological polar surface area (TPSA) is 52.2 Å². The van der Waals surface area contributed by atoms with Crippen LogP contribution in [-0.4, -0.2) is 52.1 Å². The molecule has 2 aromatic carbocycles. The summed E-state index contributed by atoms with van der Waals surface area (Å²) in [6.45, 7) is 5.89. The summed E-state index contributed by atoms with van der Waals surface area (Å²) in [6, 6.07) is 12.6. The van der Waals surface area contributed by atoms with Gasteiger partial charge in [0.05, 0.1) is 5.52 Å².